The first-order valence-corrected chi connectivity index (χ1v) is 5.13. The third-order valence-electron chi connectivity index (χ3n) is 2.91. The highest BCUT2D eigenvalue weighted by Gasteiger charge is 2.14. The number of hydrogen-bond acceptors (Lipinski definition) is 2. The predicted molar refractivity (Wildman–Crippen MR) is 53.2 cm³/mol. The molecule has 2 rings (SSSR count). The Labute approximate surface area is 78.9 Å². The predicted octanol–water partition coefficient (Wildman–Crippen LogP) is 2.05. The first-order chi connectivity index (χ1) is 6.36. The van der Waals surface area contributed by atoms with Crippen molar-refractivity contribution in [2.24, 2.45) is 5.92 Å². The van der Waals surface area contributed by atoms with E-state index in [1.807, 2.05) is 10.7 Å². The molecule has 0 radical (unpaired) electrons. The fourth-order valence-electron chi connectivity index (χ4n) is 2.11. The second kappa shape index (κ2) is 3.81. The molecular weight excluding hydrogens is 162 g/mol. The van der Waals surface area contributed by atoms with Crippen LogP contribution in [-0.2, 0) is 6.54 Å². The normalized spacial score (nSPS) is 19.1. The molecule has 0 unspecified atom stereocenters. The quantitative estimate of drug-likeness (QED) is 0.755. The second-order valence-corrected chi connectivity index (χ2v) is 3.94. The third-order valence-corrected chi connectivity index (χ3v) is 2.91. The molecule has 0 atom stereocenters. The van der Waals surface area contributed by atoms with Gasteiger partial charge in [0.2, 0.25) is 0 Å². The van der Waals surface area contributed by atoms with E-state index in [2.05, 4.69) is 5.10 Å². The zero-order chi connectivity index (χ0) is 9.10. The molecule has 1 aliphatic rings. The lowest BCUT2D eigenvalue weighted by Gasteiger charge is -2.21. The summed E-state index contributed by atoms with van der Waals surface area (Å²) in [7, 11) is 0. The maximum atomic E-state index is 5.76. The molecule has 72 valence electrons. The Kier molecular flexibility index (Phi) is 2.52. The van der Waals surface area contributed by atoms with Gasteiger partial charge in [0.05, 0.1) is 6.20 Å². The monoisotopic (exact) mass is 179 g/mol. The Hall–Kier alpha value is -0.990. The van der Waals surface area contributed by atoms with Gasteiger partial charge in [0.1, 0.15) is 5.82 Å². The smallest absolute Gasteiger partial charge is 0.121 e. The van der Waals surface area contributed by atoms with Crippen LogP contribution in [0.2, 0.25) is 0 Å². The van der Waals surface area contributed by atoms with Crippen LogP contribution >= 0.6 is 0 Å². The van der Waals surface area contributed by atoms with Crippen molar-refractivity contribution in [3.05, 3.63) is 12.3 Å². The maximum absolute atomic E-state index is 5.76. The van der Waals surface area contributed by atoms with Gasteiger partial charge < -0.3 is 5.73 Å². The molecule has 1 heterocycles. The van der Waals surface area contributed by atoms with Crippen molar-refractivity contribution in [3.63, 3.8) is 0 Å². The fourth-order valence-corrected chi connectivity index (χ4v) is 2.11. The van der Waals surface area contributed by atoms with Gasteiger partial charge in [0.25, 0.3) is 0 Å². The van der Waals surface area contributed by atoms with Crippen LogP contribution in [0.25, 0.3) is 0 Å². The third kappa shape index (κ3) is 2.02. The van der Waals surface area contributed by atoms with E-state index in [9.17, 15) is 0 Å². The van der Waals surface area contributed by atoms with Crippen molar-refractivity contribution in [1.29, 1.82) is 0 Å². The summed E-state index contributed by atoms with van der Waals surface area (Å²) in [5, 5.41) is 4.20. The molecule has 1 aromatic heterocycles. The molecule has 3 heteroatoms. The van der Waals surface area contributed by atoms with Crippen LogP contribution in [0.1, 0.15) is 32.1 Å². The van der Waals surface area contributed by atoms with E-state index in [0.29, 0.717) is 0 Å². The number of anilines is 1. The molecule has 0 aromatic carbocycles. The van der Waals surface area contributed by atoms with Crippen molar-refractivity contribution in [2.45, 2.75) is 38.6 Å². The van der Waals surface area contributed by atoms with Crippen molar-refractivity contribution in [1.82, 2.24) is 9.78 Å². The summed E-state index contributed by atoms with van der Waals surface area (Å²) < 4.78 is 1.93. The van der Waals surface area contributed by atoms with Crippen LogP contribution in [0.4, 0.5) is 5.82 Å². The minimum atomic E-state index is 0.797. The van der Waals surface area contributed by atoms with Crippen molar-refractivity contribution in [2.75, 3.05) is 5.73 Å². The molecule has 0 bridgehead atoms. The van der Waals surface area contributed by atoms with E-state index in [-0.39, 0.29) is 0 Å². The largest absolute Gasteiger partial charge is 0.384 e. The zero-order valence-electron chi connectivity index (χ0n) is 7.95. The van der Waals surface area contributed by atoms with E-state index < -0.39 is 0 Å². The average molecular weight is 179 g/mol. The van der Waals surface area contributed by atoms with Gasteiger partial charge in [-0.05, 0) is 24.8 Å². The molecule has 0 saturated heterocycles. The van der Waals surface area contributed by atoms with E-state index in [1.165, 1.54) is 32.1 Å². The summed E-state index contributed by atoms with van der Waals surface area (Å²) in [5.41, 5.74) is 5.76. The van der Waals surface area contributed by atoms with E-state index in [0.717, 1.165) is 18.3 Å². The topological polar surface area (TPSA) is 43.8 Å². The molecular formula is C10H17N3. The lowest BCUT2D eigenvalue weighted by molar-refractivity contribution is 0.310. The highest BCUT2D eigenvalue weighted by atomic mass is 15.3. The molecule has 1 aliphatic carbocycles. The Bertz CT molecular complexity index is 261. The van der Waals surface area contributed by atoms with Gasteiger partial charge in [-0.3, -0.25) is 0 Å². The van der Waals surface area contributed by atoms with Gasteiger partial charge in [0.15, 0.2) is 0 Å². The van der Waals surface area contributed by atoms with E-state index >= 15 is 0 Å². The van der Waals surface area contributed by atoms with Crippen LogP contribution in [0.15, 0.2) is 12.3 Å². The van der Waals surface area contributed by atoms with Gasteiger partial charge >= 0.3 is 0 Å². The van der Waals surface area contributed by atoms with Gasteiger partial charge in [-0.2, -0.15) is 5.10 Å². The minimum Gasteiger partial charge on any atom is -0.384 e. The summed E-state index contributed by atoms with van der Waals surface area (Å²) in [6.45, 7) is 1.01. The number of rotatable bonds is 2. The zero-order valence-corrected chi connectivity index (χ0v) is 7.95. The molecule has 0 aliphatic heterocycles. The Morgan fingerprint density at radius 2 is 2.15 bits per heavy atom. The number of nitrogens with zero attached hydrogens (tertiary/aromatic N) is 2. The summed E-state index contributed by atoms with van der Waals surface area (Å²) >= 11 is 0. The van der Waals surface area contributed by atoms with Crippen LogP contribution in [0, 0.1) is 5.92 Å². The van der Waals surface area contributed by atoms with Gasteiger partial charge in [-0.25, -0.2) is 4.68 Å². The van der Waals surface area contributed by atoms with Gasteiger partial charge in [0, 0.05) is 6.54 Å². The minimum absolute atomic E-state index is 0.797. The Morgan fingerprint density at radius 1 is 1.38 bits per heavy atom. The molecule has 1 aromatic rings. The molecule has 0 spiro atoms. The standard InChI is InChI=1S/C10H17N3/c11-10-6-7-12-13(10)8-9-4-2-1-3-5-9/h6-7,9H,1-5,8,11H2. The lowest BCUT2D eigenvalue weighted by Crippen LogP contribution is -2.16. The van der Waals surface area contributed by atoms with Crippen LogP contribution in [-0.4, -0.2) is 9.78 Å². The number of nitrogens with two attached hydrogens (primary N) is 1. The highest BCUT2D eigenvalue weighted by Crippen LogP contribution is 2.25. The number of nitrogen functional groups attached to an aromatic ring is 1. The second-order valence-electron chi connectivity index (χ2n) is 3.94. The van der Waals surface area contributed by atoms with Crippen molar-refractivity contribution >= 4 is 5.82 Å². The summed E-state index contributed by atoms with van der Waals surface area (Å²) in [6, 6.07) is 1.86. The van der Waals surface area contributed by atoms with E-state index in [1.54, 1.807) is 6.20 Å². The number of hydrogen-bond donors (Lipinski definition) is 1. The average Bonchev–Trinajstić information content (AvgIpc) is 2.54. The Morgan fingerprint density at radius 3 is 2.77 bits per heavy atom. The molecule has 13 heavy (non-hydrogen) atoms. The molecule has 2 N–H and O–H groups in total. The van der Waals surface area contributed by atoms with Crippen molar-refractivity contribution in [3.8, 4) is 0 Å². The van der Waals surface area contributed by atoms with Gasteiger partial charge in [-0.1, -0.05) is 19.3 Å². The van der Waals surface area contributed by atoms with E-state index in [4.69, 9.17) is 5.73 Å². The SMILES string of the molecule is Nc1ccnn1CC1CCCCC1. The first kappa shape index (κ1) is 8.60. The Balaban J connectivity index is 1.93. The maximum Gasteiger partial charge on any atom is 0.121 e. The summed E-state index contributed by atoms with van der Waals surface area (Å²) in [4.78, 5) is 0. The molecule has 0 amide bonds. The fraction of sp³-hybridized carbons (Fsp3) is 0.700. The van der Waals surface area contributed by atoms with Crippen LogP contribution in [0.3, 0.4) is 0 Å². The summed E-state index contributed by atoms with van der Waals surface area (Å²) in [5.74, 6) is 1.60. The number of aromatic nitrogens is 2. The highest BCUT2D eigenvalue weighted by molar-refractivity contribution is 5.25. The van der Waals surface area contributed by atoms with Crippen molar-refractivity contribution < 1.29 is 0 Å². The van der Waals surface area contributed by atoms with Crippen LogP contribution < -0.4 is 5.73 Å². The lowest BCUT2D eigenvalue weighted by atomic mass is 9.89. The summed E-state index contributed by atoms with van der Waals surface area (Å²) in [6.07, 6.45) is 8.64. The first-order valence-electron chi connectivity index (χ1n) is 5.13. The van der Waals surface area contributed by atoms with Crippen LogP contribution in [0.5, 0.6) is 0 Å². The molecule has 3 nitrogen and oxygen atoms in total. The molecule has 1 fully saturated rings. The molecule has 1 saturated carbocycles. The van der Waals surface area contributed by atoms with Gasteiger partial charge in [-0.15, -0.1) is 0 Å².